The fraction of sp³-hybridized carbons (Fsp3) is 0.579. The van der Waals surface area contributed by atoms with Crippen LogP contribution in [0.1, 0.15) is 23.6 Å². The molecule has 3 aliphatic rings. The average molecular weight is 359 g/mol. The molecule has 1 aromatic rings. The third kappa shape index (κ3) is 3.18. The minimum Gasteiger partial charge on any atom is -0.493 e. The van der Waals surface area contributed by atoms with E-state index >= 15 is 0 Å². The number of ether oxygens (including phenoxy) is 2. The van der Waals surface area contributed by atoms with Gasteiger partial charge < -0.3 is 24.6 Å². The van der Waals surface area contributed by atoms with Crippen LogP contribution < -0.4 is 14.8 Å². The molecule has 0 bridgehead atoms. The van der Waals surface area contributed by atoms with Crippen molar-refractivity contribution in [2.75, 3.05) is 45.9 Å². The second-order valence-electron chi connectivity index (χ2n) is 6.99. The number of urea groups is 1. The monoisotopic (exact) mass is 359 g/mol. The molecule has 0 spiro atoms. The Morgan fingerprint density at radius 1 is 1.08 bits per heavy atom. The number of amides is 3. The Hall–Kier alpha value is -2.44. The van der Waals surface area contributed by atoms with Crippen molar-refractivity contribution in [1.29, 1.82) is 0 Å². The van der Waals surface area contributed by atoms with E-state index in [-0.39, 0.29) is 11.9 Å². The standard InChI is InChI=1S/C19H25N3O4/c1-13(23)21-6-8-22(9-7-21)19(24)20-5-2-16-15-4-11-25-17(15)12-14-3-10-26-18(14)16/h12H,2-11H2,1H3,(H,20,24). The molecule has 140 valence electrons. The minimum atomic E-state index is -0.0606. The molecule has 0 saturated carbocycles. The third-order valence-electron chi connectivity index (χ3n) is 5.42. The Bertz CT molecular complexity index is 694. The largest absolute Gasteiger partial charge is 0.493 e. The number of nitrogens with one attached hydrogen (secondary N) is 1. The maximum Gasteiger partial charge on any atom is 0.317 e. The van der Waals surface area contributed by atoms with Gasteiger partial charge in [0.2, 0.25) is 5.91 Å². The first-order chi connectivity index (χ1) is 12.6. The van der Waals surface area contributed by atoms with E-state index < -0.39 is 0 Å². The summed E-state index contributed by atoms with van der Waals surface area (Å²) in [6.07, 6.45) is 2.57. The number of fused-ring (bicyclic) bond motifs is 2. The number of nitrogens with zero attached hydrogens (tertiary/aromatic N) is 2. The number of hydrogen-bond acceptors (Lipinski definition) is 4. The van der Waals surface area contributed by atoms with Crippen molar-refractivity contribution >= 4 is 11.9 Å². The Morgan fingerprint density at radius 2 is 1.81 bits per heavy atom. The fourth-order valence-electron chi connectivity index (χ4n) is 3.98. The molecule has 1 saturated heterocycles. The molecule has 0 aliphatic carbocycles. The Balaban J connectivity index is 1.34. The zero-order valence-electron chi connectivity index (χ0n) is 15.2. The first kappa shape index (κ1) is 17.0. The Kier molecular flexibility index (Phi) is 4.61. The molecule has 0 unspecified atom stereocenters. The zero-order chi connectivity index (χ0) is 18.1. The molecule has 3 heterocycles. The van der Waals surface area contributed by atoms with E-state index in [2.05, 4.69) is 11.4 Å². The van der Waals surface area contributed by atoms with E-state index in [0.717, 1.165) is 44.0 Å². The van der Waals surface area contributed by atoms with E-state index in [4.69, 9.17) is 9.47 Å². The van der Waals surface area contributed by atoms with Gasteiger partial charge in [-0.2, -0.15) is 0 Å². The van der Waals surface area contributed by atoms with Gasteiger partial charge in [0, 0.05) is 69.2 Å². The van der Waals surface area contributed by atoms with Crippen molar-refractivity contribution in [3.8, 4) is 11.5 Å². The molecule has 0 radical (unpaired) electrons. The summed E-state index contributed by atoms with van der Waals surface area (Å²) in [6, 6.07) is 2.05. The van der Waals surface area contributed by atoms with Gasteiger partial charge in [-0.05, 0) is 12.5 Å². The summed E-state index contributed by atoms with van der Waals surface area (Å²) in [7, 11) is 0. The van der Waals surface area contributed by atoms with Crippen LogP contribution in [0.25, 0.3) is 0 Å². The molecule has 1 fully saturated rings. The van der Waals surface area contributed by atoms with Crippen LogP contribution in [0.15, 0.2) is 6.07 Å². The van der Waals surface area contributed by atoms with E-state index in [0.29, 0.717) is 32.7 Å². The van der Waals surface area contributed by atoms with Gasteiger partial charge in [0.25, 0.3) is 0 Å². The van der Waals surface area contributed by atoms with Gasteiger partial charge in [-0.1, -0.05) is 0 Å². The van der Waals surface area contributed by atoms with Crippen molar-refractivity contribution in [2.45, 2.75) is 26.2 Å². The number of piperazine rings is 1. The smallest absolute Gasteiger partial charge is 0.317 e. The van der Waals surface area contributed by atoms with Crippen LogP contribution in [0.2, 0.25) is 0 Å². The molecule has 26 heavy (non-hydrogen) atoms. The maximum atomic E-state index is 12.4. The molecule has 1 aromatic carbocycles. The van der Waals surface area contributed by atoms with Crippen LogP contribution in [0.3, 0.4) is 0 Å². The summed E-state index contributed by atoms with van der Waals surface area (Å²) < 4.78 is 11.6. The third-order valence-corrected chi connectivity index (χ3v) is 5.42. The van der Waals surface area contributed by atoms with Crippen LogP contribution in [-0.4, -0.2) is 67.7 Å². The Labute approximate surface area is 153 Å². The lowest BCUT2D eigenvalue weighted by Crippen LogP contribution is -2.53. The number of rotatable bonds is 3. The van der Waals surface area contributed by atoms with Gasteiger partial charge in [0.05, 0.1) is 13.2 Å². The lowest BCUT2D eigenvalue weighted by atomic mass is 9.97. The van der Waals surface area contributed by atoms with Crippen LogP contribution >= 0.6 is 0 Å². The van der Waals surface area contributed by atoms with Crippen molar-refractivity contribution in [3.05, 3.63) is 22.8 Å². The highest BCUT2D eigenvalue weighted by Gasteiger charge is 2.27. The molecule has 0 atom stereocenters. The molecule has 7 nitrogen and oxygen atoms in total. The van der Waals surface area contributed by atoms with Crippen molar-refractivity contribution in [3.63, 3.8) is 0 Å². The fourth-order valence-corrected chi connectivity index (χ4v) is 3.98. The van der Waals surface area contributed by atoms with Crippen LogP contribution in [0, 0.1) is 0 Å². The molecular weight excluding hydrogens is 334 g/mol. The highest BCUT2D eigenvalue weighted by molar-refractivity contribution is 5.76. The molecule has 3 aliphatic heterocycles. The number of carbonyl (C=O) groups excluding carboxylic acids is 2. The molecule has 3 amide bonds. The summed E-state index contributed by atoms with van der Waals surface area (Å²) >= 11 is 0. The topological polar surface area (TPSA) is 71.1 Å². The normalized spacial score (nSPS) is 18.0. The maximum absolute atomic E-state index is 12.4. The predicted octanol–water partition coefficient (Wildman–Crippen LogP) is 0.973. The molecule has 1 N–H and O–H groups in total. The number of benzene rings is 1. The number of hydrogen-bond donors (Lipinski definition) is 1. The van der Waals surface area contributed by atoms with E-state index in [1.807, 2.05) is 0 Å². The number of carbonyl (C=O) groups is 2. The molecule has 0 aromatic heterocycles. The highest BCUT2D eigenvalue weighted by Crippen LogP contribution is 2.40. The van der Waals surface area contributed by atoms with Gasteiger partial charge in [0.1, 0.15) is 11.5 Å². The average Bonchev–Trinajstić information content (AvgIpc) is 3.30. The van der Waals surface area contributed by atoms with Gasteiger partial charge >= 0.3 is 6.03 Å². The SMILES string of the molecule is CC(=O)N1CCN(C(=O)NCCc2c3c(cc4c2OCC4)OCC3)CC1. The Morgan fingerprint density at radius 3 is 2.58 bits per heavy atom. The zero-order valence-corrected chi connectivity index (χ0v) is 15.2. The quantitative estimate of drug-likeness (QED) is 0.873. The second-order valence-corrected chi connectivity index (χ2v) is 6.99. The minimum absolute atomic E-state index is 0.0606. The van der Waals surface area contributed by atoms with Crippen LogP contribution in [-0.2, 0) is 24.1 Å². The van der Waals surface area contributed by atoms with Crippen molar-refractivity contribution < 1.29 is 19.1 Å². The highest BCUT2D eigenvalue weighted by atomic mass is 16.5. The lowest BCUT2D eigenvalue weighted by molar-refractivity contribution is -0.130. The van der Waals surface area contributed by atoms with E-state index in [9.17, 15) is 9.59 Å². The molecule has 7 heteroatoms. The van der Waals surface area contributed by atoms with Gasteiger partial charge in [-0.15, -0.1) is 0 Å². The summed E-state index contributed by atoms with van der Waals surface area (Å²) in [5.74, 6) is 2.05. The summed E-state index contributed by atoms with van der Waals surface area (Å²) in [5, 5.41) is 3.01. The van der Waals surface area contributed by atoms with E-state index in [1.165, 1.54) is 16.7 Å². The van der Waals surface area contributed by atoms with Gasteiger partial charge in [0.15, 0.2) is 0 Å². The van der Waals surface area contributed by atoms with Crippen molar-refractivity contribution in [1.82, 2.24) is 15.1 Å². The molecular formula is C19H25N3O4. The summed E-state index contributed by atoms with van der Waals surface area (Å²) in [6.45, 7) is 5.95. The van der Waals surface area contributed by atoms with Gasteiger partial charge in [-0.3, -0.25) is 4.79 Å². The summed E-state index contributed by atoms with van der Waals surface area (Å²) in [4.78, 5) is 27.3. The van der Waals surface area contributed by atoms with E-state index in [1.54, 1.807) is 16.7 Å². The molecule has 4 rings (SSSR count). The predicted molar refractivity (Wildman–Crippen MR) is 95.8 cm³/mol. The van der Waals surface area contributed by atoms with Gasteiger partial charge in [-0.25, -0.2) is 4.79 Å². The second kappa shape index (κ2) is 7.05. The first-order valence-electron chi connectivity index (χ1n) is 9.35. The van der Waals surface area contributed by atoms with Crippen LogP contribution in [0.5, 0.6) is 11.5 Å². The first-order valence-corrected chi connectivity index (χ1v) is 9.35. The van der Waals surface area contributed by atoms with Crippen LogP contribution in [0.4, 0.5) is 4.79 Å². The summed E-state index contributed by atoms with van der Waals surface area (Å²) in [5.41, 5.74) is 3.64. The van der Waals surface area contributed by atoms with Crippen molar-refractivity contribution in [2.24, 2.45) is 0 Å². The lowest BCUT2D eigenvalue weighted by Gasteiger charge is -2.34.